The van der Waals surface area contributed by atoms with Crippen molar-refractivity contribution in [3.63, 3.8) is 0 Å². The Bertz CT molecular complexity index is 1280. The maximum absolute atomic E-state index is 14.1. The Morgan fingerprint density at radius 3 is 2.17 bits per heavy atom. The second-order valence-electron chi connectivity index (χ2n) is 10.1. The second-order valence-corrected chi connectivity index (χ2v) is 10.1. The minimum atomic E-state index is -0.782. The zero-order chi connectivity index (χ0) is 28.5. The van der Waals surface area contributed by atoms with Crippen LogP contribution in [-0.2, 0) is 11.3 Å². The molecule has 1 aliphatic rings. The van der Waals surface area contributed by atoms with Crippen molar-refractivity contribution < 1.29 is 23.1 Å². The Morgan fingerprint density at radius 2 is 1.59 bits per heavy atom. The lowest BCUT2D eigenvalue weighted by atomic mass is 10.0. The Labute approximate surface area is 246 Å². The number of urea groups is 1. The highest BCUT2D eigenvalue weighted by molar-refractivity contribution is 5.90. The molecule has 1 saturated heterocycles. The third kappa shape index (κ3) is 9.43. The first-order chi connectivity index (χ1) is 19.3. The highest BCUT2D eigenvalue weighted by Crippen LogP contribution is 2.25. The molecule has 41 heavy (non-hydrogen) atoms. The van der Waals surface area contributed by atoms with E-state index >= 15 is 0 Å². The van der Waals surface area contributed by atoms with E-state index in [1.54, 1.807) is 17.0 Å². The zero-order valence-electron chi connectivity index (χ0n) is 23.4. The van der Waals surface area contributed by atoms with Crippen LogP contribution in [0.25, 0.3) is 0 Å². The van der Waals surface area contributed by atoms with E-state index < -0.39 is 11.6 Å². The summed E-state index contributed by atoms with van der Waals surface area (Å²) in [4.78, 5) is 28.4. The largest absolute Gasteiger partial charge is 0.457 e. The van der Waals surface area contributed by atoms with Crippen LogP contribution in [0.5, 0.6) is 11.5 Å². The molecule has 0 aromatic heterocycles. The number of nitrogens with zero attached hydrogens (tertiary/aromatic N) is 2. The number of hydrogen-bond acceptors (Lipinski definition) is 4. The molecule has 3 amide bonds. The summed E-state index contributed by atoms with van der Waals surface area (Å²) < 4.78 is 33.3. The number of ether oxygens (including phenoxy) is 1. The van der Waals surface area contributed by atoms with Gasteiger partial charge in [-0.15, -0.1) is 12.4 Å². The molecule has 0 saturated carbocycles. The van der Waals surface area contributed by atoms with Gasteiger partial charge in [0.25, 0.3) is 0 Å². The van der Waals surface area contributed by atoms with Gasteiger partial charge >= 0.3 is 6.03 Å². The Hall–Kier alpha value is -3.69. The fourth-order valence-electron chi connectivity index (χ4n) is 4.81. The molecule has 3 aromatic rings. The van der Waals surface area contributed by atoms with Gasteiger partial charge in [-0.05, 0) is 73.4 Å². The van der Waals surface area contributed by atoms with E-state index in [0.29, 0.717) is 12.3 Å². The molecule has 0 atom stereocenters. The monoisotopic (exact) mass is 586 g/mol. The average Bonchev–Trinajstić information content (AvgIpc) is 2.93. The predicted octanol–water partition coefficient (Wildman–Crippen LogP) is 7.44. The maximum Gasteiger partial charge on any atom is 0.322 e. The lowest BCUT2D eigenvalue weighted by Crippen LogP contribution is -2.49. The molecular weight excluding hydrogens is 550 g/mol. The van der Waals surface area contributed by atoms with E-state index in [-0.39, 0.29) is 36.1 Å². The minimum absolute atomic E-state index is 0. The number of unbranched alkanes of at least 4 members (excludes halogenated alkanes) is 1. The number of anilines is 2. The van der Waals surface area contributed by atoms with Gasteiger partial charge in [-0.25, -0.2) is 13.6 Å². The summed E-state index contributed by atoms with van der Waals surface area (Å²) in [7, 11) is 0. The number of carbonyl (C=O) groups is 2. The molecule has 1 aliphatic heterocycles. The topological polar surface area (TPSA) is 73.9 Å². The van der Waals surface area contributed by atoms with E-state index in [2.05, 4.69) is 22.5 Å². The summed E-state index contributed by atoms with van der Waals surface area (Å²) in [5.41, 5.74) is 1.87. The zero-order valence-corrected chi connectivity index (χ0v) is 24.2. The lowest BCUT2D eigenvalue weighted by Gasteiger charge is -2.38. The predicted molar refractivity (Wildman–Crippen MR) is 160 cm³/mol. The first-order valence-corrected chi connectivity index (χ1v) is 13.7. The van der Waals surface area contributed by atoms with Gasteiger partial charge in [0, 0.05) is 50.9 Å². The van der Waals surface area contributed by atoms with E-state index in [0.717, 1.165) is 68.9 Å². The summed E-state index contributed by atoms with van der Waals surface area (Å²) in [6, 6.07) is 18.1. The Morgan fingerprint density at radius 1 is 0.951 bits per heavy atom. The van der Waals surface area contributed by atoms with E-state index in [9.17, 15) is 18.4 Å². The molecule has 3 aromatic carbocycles. The minimum Gasteiger partial charge on any atom is -0.457 e. The third-order valence-corrected chi connectivity index (χ3v) is 6.92. The number of piperidine rings is 1. The van der Waals surface area contributed by atoms with Gasteiger partial charge < -0.3 is 20.3 Å². The summed E-state index contributed by atoms with van der Waals surface area (Å²) >= 11 is 0. The summed E-state index contributed by atoms with van der Waals surface area (Å²) in [5.74, 6) is -0.170. The van der Waals surface area contributed by atoms with Crippen molar-refractivity contribution >= 4 is 35.7 Å². The van der Waals surface area contributed by atoms with E-state index in [4.69, 9.17) is 4.74 Å². The molecule has 0 spiro atoms. The number of carbonyl (C=O) groups excluding carboxylic acids is 2. The van der Waals surface area contributed by atoms with E-state index in [1.165, 1.54) is 18.6 Å². The normalized spacial score (nSPS) is 13.7. The molecule has 0 bridgehead atoms. The van der Waals surface area contributed by atoms with Crippen LogP contribution in [0, 0.1) is 11.6 Å². The number of rotatable bonds is 10. The third-order valence-electron chi connectivity index (χ3n) is 6.92. The fourth-order valence-corrected chi connectivity index (χ4v) is 4.81. The molecule has 2 N–H and O–H groups in total. The summed E-state index contributed by atoms with van der Waals surface area (Å²) in [6.07, 6.45) is 3.43. The molecule has 0 aliphatic carbocycles. The van der Waals surface area contributed by atoms with Gasteiger partial charge in [-0.3, -0.25) is 9.69 Å². The molecule has 1 fully saturated rings. The van der Waals surface area contributed by atoms with Crippen molar-refractivity contribution in [2.24, 2.45) is 0 Å². The smallest absolute Gasteiger partial charge is 0.322 e. The van der Waals surface area contributed by atoms with Gasteiger partial charge in [0.15, 0.2) is 0 Å². The van der Waals surface area contributed by atoms with Crippen LogP contribution in [0.1, 0.15) is 45.1 Å². The standard InChI is InChI=1S/C31H36F2N4O3.ClH/c1-3-4-17-37(31(39)35-30-14-7-24(32)20-29(30)33)26-15-18-36(19-16-26)21-23-5-10-27(11-6-23)40-28-12-8-25(9-13-28)34-22(2)38;/h5-14,20,26H,3-4,15-19,21H2,1-2H3,(H,34,38)(H,35,39);1H. The fraction of sp³-hybridized carbons (Fsp3) is 0.355. The maximum atomic E-state index is 14.1. The molecule has 220 valence electrons. The molecular formula is C31H37ClF2N4O3. The van der Waals surface area contributed by atoms with Crippen LogP contribution in [0.15, 0.2) is 66.7 Å². The summed E-state index contributed by atoms with van der Waals surface area (Å²) in [5, 5.41) is 5.36. The van der Waals surface area contributed by atoms with Crippen LogP contribution in [0.2, 0.25) is 0 Å². The number of hydrogen-bond donors (Lipinski definition) is 2. The second kappa shape index (κ2) is 15.3. The van der Waals surface area contributed by atoms with E-state index in [1.807, 2.05) is 36.4 Å². The highest BCUT2D eigenvalue weighted by Gasteiger charge is 2.28. The van der Waals surface area contributed by atoms with Crippen LogP contribution in [-0.4, -0.2) is 47.4 Å². The number of halogens is 3. The molecule has 4 rings (SSSR count). The number of nitrogens with one attached hydrogen (secondary N) is 2. The lowest BCUT2D eigenvalue weighted by molar-refractivity contribution is -0.114. The molecule has 7 nitrogen and oxygen atoms in total. The van der Waals surface area contributed by atoms with Crippen LogP contribution < -0.4 is 15.4 Å². The summed E-state index contributed by atoms with van der Waals surface area (Å²) in [6.45, 7) is 6.59. The van der Waals surface area contributed by atoms with Crippen molar-refractivity contribution in [2.75, 3.05) is 30.3 Å². The Kier molecular flexibility index (Phi) is 11.9. The van der Waals surface area contributed by atoms with Gasteiger partial charge in [0.1, 0.15) is 23.1 Å². The SMILES string of the molecule is CCCCN(C(=O)Nc1ccc(F)cc1F)C1CCN(Cc2ccc(Oc3ccc(NC(C)=O)cc3)cc2)CC1.Cl. The van der Waals surface area contributed by atoms with Gasteiger partial charge in [0.2, 0.25) is 5.91 Å². The van der Waals surface area contributed by atoms with Gasteiger partial charge in [0.05, 0.1) is 5.69 Å². The van der Waals surface area contributed by atoms with Gasteiger partial charge in [-0.2, -0.15) is 0 Å². The van der Waals surface area contributed by atoms with Crippen LogP contribution in [0.3, 0.4) is 0 Å². The van der Waals surface area contributed by atoms with Crippen LogP contribution in [0.4, 0.5) is 25.0 Å². The first-order valence-electron chi connectivity index (χ1n) is 13.7. The Balaban J connectivity index is 0.00000462. The van der Waals surface area contributed by atoms with Gasteiger partial charge in [-0.1, -0.05) is 25.5 Å². The van der Waals surface area contributed by atoms with Crippen molar-refractivity contribution in [1.29, 1.82) is 0 Å². The number of amides is 3. The molecule has 0 unspecified atom stereocenters. The van der Waals surface area contributed by atoms with Crippen molar-refractivity contribution in [2.45, 2.75) is 52.1 Å². The van der Waals surface area contributed by atoms with Crippen molar-refractivity contribution in [3.8, 4) is 11.5 Å². The first kappa shape index (κ1) is 31.8. The van der Waals surface area contributed by atoms with Crippen molar-refractivity contribution in [1.82, 2.24) is 9.80 Å². The highest BCUT2D eigenvalue weighted by atomic mass is 35.5. The molecule has 1 heterocycles. The van der Waals surface area contributed by atoms with Crippen LogP contribution >= 0.6 is 12.4 Å². The number of likely N-dealkylation sites (tertiary alicyclic amines) is 1. The van der Waals surface area contributed by atoms with Crippen molar-refractivity contribution in [3.05, 3.63) is 83.9 Å². The molecule has 0 radical (unpaired) electrons. The average molecular weight is 587 g/mol. The number of benzene rings is 3. The molecule has 10 heteroatoms. The quantitative estimate of drug-likeness (QED) is 0.259.